The molecule has 270 valence electrons. The SMILES string of the molecule is CC1C=C(c2cc(-c3ccccc3)nc(-c3ccccc3)n2)C=CC1n1c2ccccc2c2cc(-c3ccc4c5ccccc5n(-c5ccccc5)c4c3)ccc21. The first-order valence-corrected chi connectivity index (χ1v) is 19.7. The zero-order chi connectivity index (χ0) is 37.9. The summed E-state index contributed by atoms with van der Waals surface area (Å²) in [4.78, 5) is 10.1. The van der Waals surface area contributed by atoms with Crippen LogP contribution >= 0.6 is 0 Å². The highest BCUT2D eigenvalue weighted by atomic mass is 15.0. The molecule has 3 heterocycles. The van der Waals surface area contributed by atoms with Crippen molar-refractivity contribution in [3.05, 3.63) is 206 Å². The van der Waals surface area contributed by atoms with Crippen LogP contribution in [-0.4, -0.2) is 19.1 Å². The van der Waals surface area contributed by atoms with E-state index < -0.39 is 0 Å². The van der Waals surface area contributed by atoms with E-state index >= 15 is 0 Å². The molecular weight excluding hydrogens is 693 g/mol. The molecule has 1 aliphatic carbocycles. The number of nitrogens with zero attached hydrogens (tertiary/aromatic N) is 4. The minimum atomic E-state index is 0.129. The van der Waals surface area contributed by atoms with Crippen molar-refractivity contribution in [1.82, 2.24) is 19.1 Å². The van der Waals surface area contributed by atoms with E-state index in [1.165, 1.54) is 60.4 Å². The van der Waals surface area contributed by atoms with Gasteiger partial charge in [-0.25, -0.2) is 9.97 Å². The standard InChI is InChI=1S/C53H38N4/c1-35-31-40(47-34-46(36-15-5-2-6-16-36)54-53(55-47)37-17-7-3-8-18-37)27-29-48(35)57-50-24-14-12-22-43(50)45-32-38(26-30-51(45)57)39-25-28-44-42-21-11-13-23-49(42)56(52(44)33-39)41-19-9-4-10-20-41/h2-35,48H,1H3. The number of allylic oxidation sites excluding steroid dienone is 4. The molecule has 3 aromatic heterocycles. The fourth-order valence-corrected chi connectivity index (χ4v) is 8.88. The summed E-state index contributed by atoms with van der Waals surface area (Å²) in [7, 11) is 0. The van der Waals surface area contributed by atoms with Crippen molar-refractivity contribution in [3.63, 3.8) is 0 Å². The molecule has 10 aromatic rings. The van der Waals surface area contributed by atoms with Gasteiger partial charge in [-0.3, -0.25) is 0 Å². The van der Waals surface area contributed by atoms with E-state index in [-0.39, 0.29) is 12.0 Å². The smallest absolute Gasteiger partial charge is 0.160 e. The van der Waals surface area contributed by atoms with Crippen molar-refractivity contribution >= 4 is 49.2 Å². The maximum absolute atomic E-state index is 5.13. The lowest BCUT2D eigenvalue weighted by Crippen LogP contribution is -2.16. The van der Waals surface area contributed by atoms with Gasteiger partial charge in [0.1, 0.15) is 0 Å². The molecule has 4 nitrogen and oxygen atoms in total. The van der Waals surface area contributed by atoms with Gasteiger partial charge in [-0.2, -0.15) is 0 Å². The number of hydrogen-bond acceptors (Lipinski definition) is 2. The number of rotatable bonds is 6. The predicted molar refractivity (Wildman–Crippen MR) is 237 cm³/mol. The summed E-state index contributed by atoms with van der Waals surface area (Å²) in [5.41, 5.74) is 13.5. The zero-order valence-corrected chi connectivity index (χ0v) is 31.5. The molecule has 0 radical (unpaired) electrons. The van der Waals surface area contributed by atoms with Gasteiger partial charge in [0, 0.05) is 49.4 Å². The van der Waals surface area contributed by atoms with Crippen LogP contribution in [0.3, 0.4) is 0 Å². The molecule has 0 N–H and O–H groups in total. The van der Waals surface area contributed by atoms with Gasteiger partial charge in [-0.1, -0.05) is 159 Å². The van der Waals surface area contributed by atoms with Crippen LogP contribution in [0.5, 0.6) is 0 Å². The molecule has 11 rings (SSSR count). The van der Waals surface area contributed by atoms with Crippen LogP contribution in [0.25, 0.3) is 88.6 Å². The van der Waals surface area contributed by atoms with E-state index in [1.807, 2.05) is 24.3 Å². The van der Waals surface area contributed by atoms with E-state index in [4.69, 9.17) is 9.97 Å². The van der Waals surface area contributed by atoms with E-state index in [2.05, 4.69) is 192 Å². The number of para-hydroxylation sites is 3. The monoisotopic (exact) mass is 730 g/mol. The van der Waals surface area contributed by atoms with E-state index in [0.717, 1.165) is 33.9 Å². The lowest BCUT2D eigenvalue weighted by atomic mass is 9.90. The Morgan fingerprint density at radius 1 is 0.439 bits per heavy atom. The average molecular weight is 731 g/mol. The third kappa shape index (κ3) is 5.60. The predicted octanol–water partition coefficient (Wildman–Crippen LogP) is 13.5. The first-order valence-electron chi connectivity index (χ1n) is 19.7. The lowest BCUT2D eigenvalue weighted by molar-refractivity contribution is 0.511. The second-order valence-corrected chi connectivity index (χ2v) is 15.1. The highest BCUT2D eigenvalue weighted by Gasteiger charge is 2.25. The average Bonchev–Trinajstić information content (AvgIpc) is 3.79. The molecule has 57 heavy (non-hydrogen) atoms. The molecule has 2 atom stereocenters. The lowest BCUT2D eigenvalue weighted by Gasteiger charge is -2.26. The molecule has 0 saturated heterocycles. The third-order valence-electron chi connectivity index (χ3n) is 11.6. The Morgan fingerprint density at radius 3 is 1.77 bits per heavy atom. The van der Waals surface area contributed by atoms with Crippen LogP contribution in [0.15, 0.2) is 200 Å². The minimum absolute atomic E-state index is 0.129. The number of aromatic nitrogens is 4. The number of benzene rings is 7. The van der Waals surface area contributed by atoms with Crippen LogP contribution in [-0.2, 0) is 0 Å². The topological polar surface area (TPSA) is 35.6 Å². The van der Waals surface area contributed by atoms with E-state index in [1.54, 1.807) is 0 Å². The Kier molecular flexibility index (Phi) is 7.82. The summed E-state index contributed by atoms with van der Waals surface area (Å²) in [6.07, 6.45) is 7.00. The largest absolute Gasteiger partial charge is 0.333 e. The number of hydrogen-bond donors (Lipinski definition) is 0. The van der Waals surface area contributed by atoms with Crippen LogP contribution in [0, 0.1) is 5.92 Å². The Bertz CT molecular complexity index is 3130. The molecule has 0 fully saturated rings. The fraction of sp³-hybridized carbons (Fsp3) is 0.0566. The van der Waals surface area contributed by atoms with Gasteiger partial charge in [0.25, 0.3) is 0 Å². The van der Waals surface area contributed by atoms with Crippen LogP contribution in [0.1, 0.15) is 18.7 Å². The Hall–Kier alpha value is -7.30. The minimum Gasteiger partial charge on any atom is -0.333 e. The maximum Gasteiger partial charge on any atom is 0.160 e. The molecule has 0 aliphatic heterocycles. The van der Waals surface area contributed by atoms with Crippen LogP contribution in [0.2, 0.25) is 0 Å². The molecule has 0 spiro atoms. The van der Waals surface area contributed by atoms with Crippen LogP contribution in [0.4, 0.5) is 0 Å². The van der Waals surface area contributed by atoms with Gasteiger partial charge in [0.2, 0.25) is 0 Å². The molecule has 0 bridgehead atoms. The second kappa shape index (κ2) is 13.5. The van der Waals surface area contributed by atoms with Gasteiger partial charge in [0.15, 0.2) is 5.82 Å². The van der Waals surface area contributed by atoms with Crippen molar-refractivity contribution in [3.8, 4) is 39.5 Å². The molecule has 0 amide bonds. The van der Waals surface area contributed by atoms with Gasteiger partial charge < -0.3 is 9.13 Å². The quantitative estimate of drug-likeness (QED) is 0.171. The van der Waals surface area contributed by atoms with Crippen LogP contribution < -0.4 is 0 Å². The maximum atomic E-state index is 5.13. The molecule has 0 saturated carbocycles. The van der Waals surface area contributed by atoms with Crippen molar-refractivity contribution < 1.29 is 0 Å². The summed E-state index contributed by atoms with van der Waals surface area (Å²) < 4.78 is 4.92. The summed E-state index contributed by atoms with van der Waals surface area (Å²) >= 11 is 0. The van der Waals surface area contributed by atoms with Gasteiger partial charge >= 0.3 is 0 Å². The first kappa shape index (κ1) is 33.1. The molecule has 4 heteroatoms. The highest BCUT2D eigenvalue weighted by Crippen LogP contribution is 2.41. The van der Waals surface area contributed by atoms with E-state index in [9.17, 15) is 0 Å². The van der Waals surface area contributed by atoms with Gasteiger partial charge in [-0.15, -0.1) is 0 Å². The zero-order valence-electron chi connectivity index (χ0n) is 31.5. The Morgan fingerprint density at radius 2 is 1.02 bits per heavy atom. The van der Waals surface area contributed by atoms with Gasteiger partial charge in [0.05, 0.1) is 28.5 Å². The molecular formula is C53H38N4. The molecule has 7 aromatic carbocycles. The van der Waals surface area contributed by atoms with Crippen molar-refractivity contribution in [2.24, 2.45) is 5.92 Å². The third-order valence-corrected chi connectivity index (χ3v) is 11.6. The molecule has 2 unspecified atom stereocenters. The van der Waals surface area contributed by atoms with E-state index in [0.29, 0.717) is 0 Å². The second-order valence-electron chi connectivity index (χ2n) is 15.1. The van der Waals surface area contributed by atoms with Crippen molar-refractivity contribution in [2.45, 2.75) is 13.0 Å². The Labute approximate surface area is 331 Å². The highest BCUT2D eigenvalue weighted by molar-refractivity contribution is 6.12. The summed E-state index contributed by atoms with van der Waals surface area (Å²) in [5, 5.41) is 5.05. The Balaban J connectivity index is 0.996. The first-order chi connectivity index (χ1) is 28.2. The van der Waals surface area contributed by atoms with Crippen molar-refractivity contribution in [1.29, 1.82) is 0 Å². The normalized spacial score (nSPS) is 15.5. The summed E-state index contributed by atoms with van der Waals surface area (Å²) in [6, 6.07) is 65.1. The summed E-state index contributed by atoms with van der Waals surface area (Å²) in [6.45, 7) is 2.32. The molecule has 1 aliphatic rings. The fourth-order valence-electron chi connectivity index (χ4n) is 8.88. The van der Waals surface area contributed by atoms with Crippen molar-refractivity contribution in [2.75, 3.05) is 0 Å². The van der Waals surface area contributed by atoms with Gasteiger partial charge in [-0.05, 0) is 71.1 Å². The number of fused-ring (bicyclic) bond motifs is 6. The summed E-state index contributed by atoms with van der Waals surface area (Å²) in [5.74, 6) is 0.941.